The average molecular weight is 494 g/mol. The maximum absolute atomic E-state index is 12.9. The number of fused-ring (bicyclic) bond motifs is 1. The summed E-state index contributed by atoms with van der Waals surface area (Å²) < 4.78 is 35.9. The van der Waals surface area contributed by atoms with Crippen LogP contribution in [-0.2, 0) is 34.5 Å². The first-order valence-corrected chi connectivity index (χ1v) is 12.7. The number of imidazole rings is 1. The van der Waals surface area contributed by atoms with Gasteiger partial charge in [0.05, 0.1) is 26.7 Å². The van der Waals surface area contributed by atoms with Crippen molar-refractivity contribution in [1.82, 2.24) is 19.5 Å². The van der Waals surface area contributed by atoms with Crippen molar-refractivity contribution in [1.29, 1.82) is 0 Å². The Morgan fingerprint density at radius 2 is 1.90 bits per heavy atom. The summed E-state index contributed by atoms with van der Waals surface area (Å²) in [7, 11) is -2.16. The number of ether oxygens (including phenoxy) is 2. The Bertz CT molecular complexity index is 958. The number of aromatic nitrogens is 4. The Hall–Kier alpha value is -1.70. The molecule has 172 valence electrons. The van der Waals surface area contributed by atoms with E-state index in [1.54, 1.807) is 10.9 Å². The average Bonchev–Trinajstić information content (AvgIpc) is 3.10. The van der Waals surface area contributed by atoms with Crippen molar-refractivity contribution in [2.75, 3.05) is 44.1 Å². The fourth-order valence-corrected chi connectivity index (χ4v) is 4.79. The molecule has 0 aromatic carbocycles. The van der Waals surface area contributed by atoms with Crippen LogP contribution in [0.2, 0.25) is 0 Å². The van der Waals surface area contributed by atoms with Gasteiger partial charge in [0.1, 0.15) is 12.3 Å². The summed E-state index contributed by atoms with van der Waals surface area (Å²) in [6.45, 7) is 3.33. The van der Waals surface area contributed by atoms with Gasteiger partial charge >= 0.3 is 7.60 Å². The fourth-order valence-electron chi connectivity index (χ4n) is 2.24. The van der Waals surface area contributed by atoms with E-state index < -0.39 is 7.60 Å². The number of carbonyl (C=O) groups excluding carboxylic acids is 2. The van der Waals surface area contributed by atoms with Crippen molar-refractivity contribution in [3.8, 4) is 5.88 Å². The van der Waals surface area contributed by atoms with Crippen LogP contribution in [0.5, 0.6) is 5.88 Å². The van der Waals surface area contributed by atoms with Crippen molar-refractivity contribution in [3.05, 3.63) is 6.33 Å². The predicted octanol–water partition coefficient (Wildman–Crippen LogP) is 2.13. The summed E-state index contributed by atoms with van der Waals surface area (Å²) in [6, 6.07) is 0. The van der Waals surface area contributed by atoms with Crippen LogP contribution in [0.1, 0.15) is 13.8 Å². The number of hydrogen-bond donors (Lipinski definition) is 1. The molecule has 2 N–H and O–H groups in total. The third-order valence-corrected chi connectivity index (χ3v) is 6.75. The van der Waals surface area contributed by atoms with Crippen molar-refractivity contribution < 1.29 is 32.7 Å². The van der Waals surface area contributed by atoms with Crippen molar-refractivity contribution in [2.45, 2.75) is 20.4 Å². The Balaban J connectivity index is 1.92. The zero-order valence-electron chi connectivity index (χ0n) is 17.3. The monoisotopic (exact) mass is 493 g/mol. The topological polar surface area (TPSA) is 158 Å². The summed E-state index contributed by atoms with van der Waals surface area (Å²) in [5.74, 6) is 0.509. The second-order valence-electron chi connectivity index (χ2n) is 5.91. The number of anilines is 1. The molecular weight excluding hydrogens is 469 g/mol. The number of carbonyl (C=O) groups is 2. The first-order valence-electron chi connectivity index (χ1n) is 8.99. The molecule has 0 aliphatic carbocycles. The molecule has 0 radical (unpaired) electrons. The van der Waals surface area contributed by atoms with E-state index in [1.807, 2.05) is 0 Å². The van der Waals surface area contributed by atoms with Gasteiger partial charge in [-0.05, 0) is 0 Å². The van der Waals surface area contributed by atoms with E-state index in [9.17, 15) is 14.2 Å². The van der Waals surface area contributed by atoms with Gasteiger partial charge in [0.25, 0.3) is 0 Å². The van der Waals surface area contributed by atoms with Crippen molar-refractivity contribution in [2.24, 2.45) is 0 Å². The highest BCUT2D eigenvalue weighted by Gasteiger charge is 2.26. The fraction of sp³-hybridized carbons (Fsp3) is 0.562. The van der Waals surface area contributed by atoms with Gasteiger partial charge in [0, 0.05) is 26.1 Å². The quantitative estimate of drug-likeness (QED) is 0.246. The highest BCUT2D eigenvalue weighted by atomic mass is 32.2. The lowest BCUT2D eigenvalue weighted by molar-refractivity contribution is -0.110. The van der Waals surface area contributed by atoms with Crippen LogP contribution >= 0.6 is 31.1 Å². The second-order valence-corrected chi connectivity index (χ2v) is 10.3. The highest BCUT2D eigenvalue weighted by Crippen LogP contribution is 2.48. The minimum atomic E-state index is -3.62. The number of nitrogens with zero attached hydrogens (tertiary/aromatic N) is 4. The van der Waals surface area contributed by atoms with Crippen molar-refractivity contribution in [3.63, 3.8) is 0 Å². The number of rotatable bonds is 13. The largest absolute Gasteiger partial charge is 0.479 e. The molecule has 0 aliphatic rings. The van der Waals surface area contributed by atoms with E-state index >= 15 is 0 Å². The lowest BCUT2D eigenvalue weighted by Crippen LogP contribution is -2.11. The second kappa shape index (κ2) is 12.4. The molecule has 0 fully saturated rings. The smallest absolute Gasteiger partial charge is 0.356 e. The number of nitrogens with two attached hydrogens (primary N) is 1. The Morgan fingerprint density at radius 1 is 1.16 bits per heavy atom. The molecule has 2 rings (SSSR count). The lowest BCUT2D eigenvalue weighted by atomic mass is 10.5. The molecule has 0 spiro atoms. The molecule has 1 unspecified atom stereocenters. The molecule has 15 heteroatoms. The maximum atomic E-state index is 12.9. The molecule has 0 aliphatic heterocycles. The zero-order valence-corrected chi connectivity index (χ0v) is 19.8. The highest BCUT2D eigenvalue weighted by molar-refractivity contribution is 8.13. The number of methoxy groups -OCH3 is 1. The first kappa shape index (κ1) is 25.6. The van der Waals surface area contributed by atoms with Crippen LogP contribution < -0.4 is 10.5 Å². The van der Waals surface area contributed by atoms with E-state index in [0.717, 1.165) is 23.5 Å². The summed E-state index contributed by atoms with van der Waals surface area (Å²) in [6.07, 6.45) is 1.23. The zero-order chi connectivity index (χ0) is 22.9. The van der Waals surface area contributed by atoms with Gasteiger partial charge in [-0.1, -0.05) is 23.5 Å². The number of nitrogen functional groups attached to an aromatic ring is 1. The summed E-state index contributed by atoms with van der Waals surface area (Å²) in [5.41, 5.74) is 6.62. The van der Waals surface area contributed by atoms with Gasteiger partial charge in [0.2, 0.25) is 11.8 Å². The van der Waals surface area contributed by atoms with Crippen molar-refractivity contribution >= 4 is 58.5 Å². The first-order chi connectivity index (χ1) is 14.7. The maximum Gasteiger partial charge on any atom is 0.356 e. The summed E-state index contributed by atoms with van der Waals surface area (Å²) in [4.78, 5) is 34.4. The molecule has 31 heavy (non-hydrogen) atoms. The standard InChI is InChI=1S/C16H24N5O7PS2/c1-11(22)30-7-6-27-29(24,28-10-31-12(2)23)9-26-5-4-21-8-18-13-14(21)19-16(17)20-15(13)25-3/h8H,4-7,9-10H2,1-3H3,(H2,17,19,20). The van der Waals surface area contributed by atoms with Crippen LogP contribution in [0.3, 0.4) is 0 Å². The van der Waals surface area contributed by atoms with E-state index in [0.29, 0.717) is 23.5 Å². The lowest BCUT2D eigenvalue weighted by Gasteiger charge is -2.18. The summed E-state index contributed by atoms with van der Waals surface area (Å²) >= 11 is 1.92. The third-order valence-electron chi connectivity index (χ3n) is 3.56. The van der Waals surface area contributed by atoms with Gasteiger partial charge in [-0.3, -0.25) is 18.7 Å². The molecule has 2 heterocycles. The molecule has 0 saturated carbocycles. The molecule has 2 aromatic heterocycles. The van der Waals surface area contributed by atoms with Gasteiger partial charge in [-0.25, -0.2) is 4.98 Å². The third kappa shape index (κ3) is 8.39. The molecule has 0 amide bonds. The predicted molar refractivity (Wildman–Crippen MR) is 118 cm³/mol. The van der Waals surface area contributed by atoms with Crippen LogP contribution in [0.15, 0.2) is 6.33 Å². The molecule has 2 aromatic rings. The Kier molecular flexibility index (Phi) is 10.2. The van der Waals surface area contributed by atoms with Crippen LogP contribution in [0.25, 0.3) is 11.2 Å². The van der Waals surface area contributed by atoms with E-state index in [-0.39, 0.29) is 47.6 Å². The molecule has 12 nitrogen and oxygen atoms in total. The normalized spacial score (nSPS) is 13.3. The minimum absolute atomic E-state index is 0.0395. The SMILES string of the molecule is COc1nc(N)nc2c1ncn2CCOCP(=O)(OCCSC(C)=O)OCSC(C)=O. The van der Waals surface area contributed by atoms with Crippen LogP contribution in [0.4, 0.5) is 5.95 Å². The van der Waals surface area contributed by atoms with E-state index in [4.69, 9.17) is 24.3 Å². The Morgan fingerprint density at radius 3 is 2.58 bits per heavy atom. The molecular formula is C16H24N5O7PS2. The molecule has 0 bridgehead atoms. The van der Waals surface area contributed by atoms with E-state index in [2.05, 4.69) is 15.0 Å². The van der Waals surface area contributed by atoms with Crippen LogP contribution in [0, 0.1) is 0 Å². The molecule has 1 atom stereocenters. The summed E-state index contributed by atoms with van der Waals surface area (Å²) in [5, 5.41) is -0.250. The van der Waals surface area contributed by atoms with Gasteiger partial charge in [-0.15, -0.1) is 0 Å². The van der Waals surface area contributed by atoms with Gasteiger partial charge in [-0.2, -0.15) is 9.97 Å². The molecule has 0 saturated heterocycles. The number of thioether (sulfide) groups is 2. The Labute approximate surface area is 187 Å². The van der Waals surface area contributed by atoms with Crippen LogP contribution in [-0.4, -0.2) is 68.1 Å². The number of hydrogen-bond acceptors (Lipinski definition) is 13. The minimum Gasteiger partial charge on any atom is -0.479 e. The van der Waals surface area contributed by atoms with Gasteiger partial charge in [0.15, 0.2) is 21.4 Å². The van der Waals surface area contributed by atoms with Gasteiger partial charge < -0.3 is 24.3 Å². The van der Waals surface area contributed by atoms with E-state index in [1.165, 1.54) is 21.0 Å².